The van der Waals surface area contributed by atoms with E-state index >= 15 is 0 Å². The van der Waals surface area contributed by atoms with Crippen molar-refractivity contribution in [3.8, 4) is 33.4 Å². The summed E-state index contributed by atoms with van der Waals surface area (Å²) in [5.41, 5.74) is 7.64. The highest BCUT2D eigenvalue weighted by molar-refractivity contribution is 6.67. The van der Waals surface area contributed by atoms with E-state index in [1.807, 2.05) is 0 Å². The van der Waals surface area contributed by atoms with Crippen molar-refractivity contribution in [1.82, 2.24) is 0 Å². The predicted molar refractivity (Wildman–Crippen MR) is 207 cm³/mol. The molecule has 0 saturated carbocycles. The van der Waals surface area contributed by atoms with E-state index in [2.05, 4.69) is 182 Å². The van der Waals surface area contributed by atoms with Crippen LogP contribution in [-0.4, -0.2) is 9.52 Å². The molecule has 0 saturated heterocycles. The van der Waals surface area contributed by atoms with Crippen LogP contribution in [0, 0.1) is 0 Å². The molecule has 0 fully saturated rings. The third kappa shape index (κ3) is 4.93. The van der Waals surface area contributed by atoms with Crippen LogP contribution in [0.2, 0.25) is 0 Å². The van der Waals surface area contributed by atoms with E-state index < -0.39 is 9.52 Å². The highest BCUT2D eigenvalue weighted by Crippen LogP contribution is 2.44. The monoisotopic (exact) mass is 612 g/mol. The molecular formula is C46H32Si. The molecule has 0 radical (unpaired) electrons. The minimum Gasteiger partial charge on any atom is -0.0633 e. The van der Waals surface area contributed by atoms with Crippen molar-refractivity contribution in [3.63, 3.8) is 0 Å². The van der Waals surface area contributed by atoms with Gasteiger partial charge in [-0.2, -0.15) is 0 Å². The molecule has 1 heteroatoms. The van der Waals surface area contributed by atoms with Gasteiger partial charge in [0.05, 0.1) is 9.52 Å². The maximum absolute atomic E-state index is 2.50. The zero-order valence-electron chi connectivity index (χ0n) is 26.0. The molecule has 9 aromatic rings. The number of benzene rings is 9. The van der Waals surface area contributed by atoms with Gasteiger partial charge in [-0.05, 0) is 82.5 Å². The summed E-state index contributed by atoms with van der Waals surface area (Å²) in [5, 5.41) is 13.2. The standard InChI is InChI=1S/C46H32Si/c1-2-15-37(16-3-1)47-38-27-28-43-44(30-38)45(34-24-22-33(23-25-34)40-20-10-14-32-12-6-7-17-39(32)40)41-18-8-9-19-42(41)46(43)36-26-21-31-11-4-5-13-35(31)29-36/h1-30H,47H2. The Labute approximate surface area is 277 Å². The minimum atomic E-state index is -0.634. The Balaban J connectivity index is 1.29. The fourth-order valence-electron chi connectivity index (χ4n) is 7.43. The van der Waals surface area contributed by atoms with Crippen molar-refractivity contribution in [1.29, 1.82) is 0 Å². The summed E-state index contributed by atoms with van der Waals surface area (Å²) in [6.45, 7) is 0. The molecule has 220 valence electrons. The van der Waals surface area contributed by atoms with Crippen LogP contribution in [0.4, 0.5) is 0 Å². The van der Waals surface area contributed by atoms with Gasteiger partial charge < -0.3 is 0 Å². The van der Waals surface area contributed by atoms with Crippen LogP contribution < -0.4 is 10.4 Å². The third-order valence-electron chi connectivity index (χ3n) is 9.65. The van der Waals surface area contributed by atoms with Crippen LogP contribution in [0.5, 0.6) is 0 Å². The lowest BCUT2D eigenvalue weighted by molar-refractivity contribution is 1.63. The molecule has 0 heterocycles. The van der Waals surface area contributed by atoms with E-state index in [1.165, 1.54) is 86.8 Å². The number of rotatable bonds is 5. The molecule has 0 bridgehead atoms. The smallest absolute Gasteiger partial charge is 0.0633 e. The lowest BCUT2D eigenvalue weighted by atomic mass is 9.85. The SMILES string of the molecule is c1ccc([SiH2]c2ccc3c(-c4ccc5ccccc5c4)c4ccccc4c(-c4ccc(-c5cccc6ccccc56)cc4)c3c2)cc1. The highest BCUT2D eigenvalue weighted by Gasteiger charge is 2.18. The van der Waals surface area contributed by atoms with Crippen LogP contribution in [0.3, 0.4) is 0 Å². The Kier molecular flexibility index (Phi) is 6.77. The first-order valence-corrected chi connectivity index (χ1v) is 17.8. The summed E-state index contributed by atoms with van der Waals surface area (Å²) in [7, 11) is -0.634. The molecule has 0 aromatic heterocycles. The van der Waals surface area contributed by atoms with Crippen molar-refractivity contribution in [3.05, 3.63) is 182 Å². The molecule has 47 heavy (non-hydrogen) atoms. The molecule has 0 aliphatic rings. The van der Waals surface area contributed by atoms with Crippen LogP contribution in [-0.2, 0) is 0 Å². The fourth-order valence-corrected chi connectivity index (χ4v) is 8.95. The summed E-state index contributed by atoms with van der Waals surface area (Å²) in [5.74, 6) is 0. The van der Waals surface area contributed by atoms with Crippen molar-refractivity contribution in [2.45, 2.75) is 0 Å². The van der Waals surface area contributed by atoms with Crippen molar-refractivity contribution < 1.29 is 0 Å². The summed E-state index contributed by atoms with van der Waals surface area (Å²) in [6.07, 6.45) is 0. The molecule has 0 aliphatic carbocycles. The summed E-state index contributed by atoms with van der Waals surface area (Å²) in [4.78, 5) is 0. The topological polar surface area (TPSA) is 0 Å². The molecule has 0 aliphatic heterocycles. The fraction of sp³-hybridized carbons (Fsp3) is 0. The normalized spacial score (nSPS) is 11.7. The molecule has 0 unspecified atom stereocenters. The van der Waals surface area contributed by atoms with E-state index in [0.29, 0.717) is 0 Å². The second-order valence-electron chi connectivity index (χ2n) is 12.5. The quantitative estimate of drug-likeness (QED) is 0.134. The number of fused-ring (bicyclic) bond motifs is 4. The van der Waals surface area contributed by atoms with Crippen LogP contribution in [0.25, 0.3) is 76.5 Å². The highest BCUT2D eigenvalue weighted by atomic mass is 28.2. The average molecular weight is 613 g/mol. The largest absolute Gasteiger partial charge is 0.0875 e. The Morgan fingerprint density at radius 1 is 0.277 bits per heavy atom. The van der Waals surface area contributed by atoms with Crippen molar-refractivity contribution in [2.24, 2.45) is 0 Å². The lowest BCUT2D eigenvalue weighted by Gasteiger charge is -2.19. The van der Waals surface area contributed by atoms with Gasteiger partial charge in [0, 0.05) is 0 Å². The first-order valence-electron chi connectivity index (χ1n) is 16.4. The molecule has 0 nitrogen and oxygen atoms in total. The van der Waals surface area contributed by atoms with Gasteiger partial charge in [0.15, 0.2) is 0 Å². The second-order valence-corrected chi connectivity index (χ2v) is 14.5. The molecule has 0 atom stereocenters. The number of hydrogen-bond donors (Lipinski definition) is 0. The Morgan fingerprint density at radius 2 is 0.851 bits per heavy atom. The zero-order chi connectivity index (χ0) is 31.2. The predicted octanol–water partition coefficient (Wildman–Crippen LogP) is 10.4. The van der Waals surface area contributed by atoms with Gasteiger partial charge in [-0.15, -0.1) is 0 Å². The van der Waals surface area contributed by atoms with Gasteiger partial charge in [-0.25, -0.2) is 0 Å². The van der Waals surface area contributed by atoms with Gasteiger partial charge in [0.2, 0.25) is 0 Å². The Hall–Kier alpha value is -5.76. The van der Waals surface area contributed by atoms with E-state index in [4.69, 9.17) is 0 Å². The minimum absolute atomic E-state index is 0.634. The van der Waals surface area contributed by atoms with Gasteiger partial charge in [0.1, 0.15) is 0 Å². The molecule has 9 aromatic carbocycles. The van der Waals surface area contributed by atoms with Crippen molar-refractivity contribution in [2.75, 3.05) is 0 Å². The summed E-state index contributed by atoms with van der Waals surface area (Å²) >= 11 is 0. The Morgan fingerprint density at radius 3 is 1.64 bits per heavy atom. The van der Waals surface area contributed by atoms with Crippen LogP contribution in [0.15, 0.2) is 182 Å². The van der Waals surface area contributed by atoms with Gasteiger partial charge >= 0.3 is 0 Å². The van der Waals surface area contributed by atoms with E-state index in [0.717, 1.165) is 0 Å². The number of hydrogen-bond acceptors (Lipinski definition) is 0. The summed E-state index contributed by atoms with van der Waals surface area (Å²) < 4.78 is 0. The van der Waals surface area contributed by atoms with Crippen molar-refractivity contribution >= 4 is 63.0 Å². The van der Waals surface area contributed by atoms with E-state index in [9.17, 15) is 0 Å². The molecule has 0 spiro atoms. The first-order chi connectivity index (χ1) is 23.3. The van der Waals surface area contributed by atoms with Gasteiger partial charge in [0.25, 0.3) is 0 Å². The maximum Gasteiger partial charge on any atom is 0.0875 e. The van der Waals surface area contributed by atoms with E-state index in [-0.39, 0.29) is 0 Å². The van der Waals surface area contributed by atoms with Crippen LogP contribution >= 0.6 is 0 Å². The van der Waals surface area contributed by atoms with E-state index in [1.54, 1.807) is 0 Å². The molecular weight excluding hydrogens is 581 g/mol. The maximum atomic E-state index is 2.50. The molecule has 0 amide bonds. The molecule has 0 N–H and O–H groups in total. The third-order valence-corrected chi connectivity index (χ3v) is 11.4. The Bertz CT molecular complexity index is 2570. The van der Waals surface area contributed by atoms with Crippen LogP contribution in [0.1, 0.15) is 0 Å². The second kappa shape index (κ2) is 11.5. The average Bonchev–Trinajstić information content (AvgIpc) is 3.14. The van der Waals surface area contributed by atoms with Gasteiger partial charge in [-0.1, -0.05) is 186 Å². The first kappa shape index (κ1) is 27.5. The summed E-state index contributed by atoms with van der Waals surface area (Å²) in [6, 6.07) is 67.4. The lowest BCUT2D eigenvalue weighted by Crippen LogP contribution is -2.26. The van der Waals surface area contributed by atoms with Gasteiger partial charge in [-0.3, -0.25) is 0 Å². The molecule has 9 rings (SSSR count). The zero-order valence-corrected chi connectivity index (χ0v) is 27.4.